The predicted molar refractivity (Wildman–Crippen MR) is 120 cm³/mol. The van der Waals surface area contributed by atoms with Crippen LogP contribution in [0, 0.1) is 0 Å². The van der Waals surface area contributed by atoms with Crippen LogP contribution >= 0.6 is 0 Å². The zero-order valence-electron chi connectivity index (χ0n) is 18.2. The molecular weight excluding hydrogens is 390 g/mol. The van der Waals surface area contributed by atoms with Gasteiger partial charge in [0.1, 0.15) is 5.75 Å². The average Bonchev–Trinajstić information content (AvgIpc) is 3.29. The van der Waals surface area contributed by atoms with Crippen molar-refractivity contribution >= 4 is 22.7 Å². The van der Waals surface area contributed by atoms with Crippen molar-refractivity contribution in [2.24, 2.45) is 0 Å². The average molecular weight is 418 g/mol. The number of carbonyl (C=O) groups excluding carboxylic acids is 2. The van der Waals surface area contributed by atoms with Crippen LogP contribution in [0.3, 0.4) is 0 Å². The molecule has 160 valence electrons. The van der Waals surface area contributed by atoms with Crippen molar-refractivity contribution in [1.82, 2.24) is 14.8 Å². The van der Waals surface area contributed by atoms with E-state index in [1.165, 1.54) is 0 Å². The summed E-state index contributed by atoms with van der Waals surface area (Å²) in [6.07, 6.45) is 1.21. The predicted octanol–water partition coefficient (Wildman–Crippen LogP) is 3.50. The number of hydrogen-bond acceptors (Lipinski definition) is 4. The molecular formula is C25H27N3O3. The molecule has 31 heavy (non-hydrogen) atoms. The summed E-state index contributed by atoms with van der Waals surface area (Å²) >= 11 is 0. The lowest BCUT2D eigenvalue weighted by Gasteiger charge is -2.18. The number of benzene rings is 2. The Labute approximate surface area is 182 Å². The maximum absolute atomic E-state index is 12.8. The van der Waals surface area contributed by atoms with Crippen molar-refractivity contribution in [3.8, 4) is 5.75 Å². The molecule has 1 saturated heterocycles. The van der Waals surface area contributed by atoms with E-state index in [9.17, 15) is 9.59 Å². The molecule has 0 radical (unpaired) electrons. The molecule has 0 bridgehead atoms. The van der Waals surface area contributed by atoms with Gasteiger partial charge in [-0.25, -0.2) is 0 Å². The van der Waals surface area contributed by atoms with Crippen LogP contribution in [-0.4, -0.2) is 60.9 Å². The van der Waals surface area contributed by atoms with Crippen LogP contribution in [0.1, 0.15) is 34.0 Å². The van der Waals surface area contributed by atoms with Crippen LogP contribution in [0.4, 0.5) is 0 Å². The van der Waals surface area contributed by atoms with E-state index in [1.807, 2.05) is 59.5 Å². The second-order valence-electron chi connectivity index (χ2n) is 8.16. The molecule has 2 amide bonds. The van der Waals surface area contributed by atoms with E-state index < -0.39 is 0 Å². The second-order valence-corrected chi connectivity index (χ2v) is 8.16. The molecule has 6 nitrogen and oxygen atoms in total. The molecule has 2 aromatic carbocycles. The molecule has 1 unspecified atom stereocenters. The molecule has 1 fully saturated rings. The minimum Gasteiger partial charge on any atom is -0.497 e. The normalized spacial score (nSPS) is 15.8. The third-order valence-corrected chi connectivity index (χ3v) is 5.85. The number of amides is 2. The zero-order chi connectivity index (χ0) is 22.0. The van der Waals surface area contributed by atoms with Crippen LogP contribution in [-0.2, 0) is 11.2 Å². The molecule has 0 aliphatic carbocycles. The highest BCUT2D eigenvalue weighted by Gasteiger charge is 2.29. The van der Waals surface area contributed by atoms with Crippen LogP contribution in [0.25, 0.3) is 10.9 Å². The summed E-state index contributed by atoms with van der Waals surface area (Å²) in [6.45, 7) is 1.32. The van der Waals surface area contributed by atoms with Crippen molar-refractivity contribution in [3.63, 3.8) is 0 Å². The van der Waals surface area contributed by atoms with Gasteiger partial charge in [0.25, 0.3) is 5.91 Å². The minimum absolute atomic E-state index is 0.0368. The summed E-state index contributed by atoms with van der Waals surface area (Å²) in [4.78, 5) is 33.9. The summed E-state index contributed by atoms with van der Waals surface area (Å²) in [5.74, 6) is 0.976. The lowest BCUT2D eigenvalue weighted by molar-refractivity contribution is -0.129. The molecule has 1 atom stereocenters. The Kier molecular flexibility index (Phi) is 5.89. The fraction of sp³-hybridized carbons (Fsp3) is 0.320. The highest BCUT2D eigenvalue weighted by molar-refractivity contribution is 6.06. The van der Waals surface area contributed by atoms with E-state index >= 15 is 0 Å². The number of rotatable bonds is 5. The molecule has 1 aliphatic rings. The molecule has 0 saturated carbocycles. The van der Waals surface area contributed by atoms with E-state index in [-0.39, 0.29) is 17.7 Å². The van der Waals surface area contributed by atoms with Crippen molar-refractivity contribution in [2.45, 2.75) is 18.8 Å². The molecule has 4 rings (SSSR count). The quantitative estimate of drug-likeness (QED) is 0.637. The number of ether oxygens (including phenoxy) is 1. The lowest BCUT2D eigenvalue weighted by Crippen LogP contribution is -2.30. The van der Waals surface area contributed by atoms with Crippen molar-refractivity contribution in [2.75, 3.05) is 34.3 Å². The van der Waals surface area contributed by atoms with E-state index in [2.05, 4.69) is 0 Å². The lowest BCUT2D eigenvalue weighted by atomic mass is 9.99. The molecule has 1 aliphatic heterocycles. The van der Waals surface area contributed by atoms with Crippen molar-refractivity contribution in [1.29, 1.82) is 0 Å². The van der Waals surface area contributed by atoms with Gasteiger partial charge < -0.3 is 14.5 Å². The number of para-hydroxylation sites is 1. The number of carbonyl (C=O) groups is 2. The maximum Gasteiger partial charge on any atom is 0.254 e. The number of likely N-dealkylation sites (tertiary alicyclic amines) is 1. The Hall–Kier alpha value is -3.41. The first-order valence-corrected chi connectivity index (χ1v) is 10.5. The van der Waals surface area contributed by atoms with Gasteiger partial charge in [-0.05, 0) is 36.2 Å². The fourth-order valence-corrected chi connectivity index (χ4v) is 4.08. The van der Waals surface area contributed by atoms with E-state index in [0.717, 1.165) is 34.3 Å². The van der Waals surface area contributed by atoms with Gasteiger partial charge in [0.05, 0.1) is 24.6 Å². The molecule has 6 heteroatoms. The SMILES string of the molecule is COc1ccc(CC(=O)N2CCC(c3cc(C(=O)N(C)C)c4ccccc4n3)C2)cc1. The third-order valence-electron chi connectivity index (χ3n) is 5.85. The number of fused-ring (bicyclic) bond motifs is 1. The Morgan fingerprint density at radius 3 is 2.58 bits per heavy atom. The minimum atomic E-state index is -0.0368. The van der Waals surface area contributed by atoms with Gasteiger partial charge in [-0.1, -0.05) is 30.3 Å². The summed E-state index contributed by atoms with van der Waals surface area (Å²) in [6, 6.07) is 17.2. The van der Waals surface area contributed by atoms with E-state index in [4.69, 9.17) is 9.72 Å². The Balaban J connectivity index is 1.53. The number of nitrogens with zero attached hydrogens (tertiary/aromatic N) is 3. The second kappa shape index (κ2) is 8.76. The molecule has 0 spiro atoms. The van der Waals surface area contributed by atoms with Gasteiger partial charge >= 0.3 is 0 Å². The third kappa shape index (κ3) is 4.38. The van der Waals surface area contributed by atoms with Crippen LogP contribution in [0.15, 0.2) is 54.6 Å². The van der Waals surface area contributed by atoms with Crippen LogP contribution in [0.5, 0.6) is 5.75 Å². The highest BCUT2D eigenvalue weighted by Crippen LogP contribution is 2.30. The first kappa shape index (κ1) is 20.8. The number of aromatic nitrogens is 1. The Bertz CT molecular complexity index is 1110. The summed E-state index contributed by atoms with van der Waals surface area (Å²) < 4.78 is 5.18. The smallest absolute Gasteiger partial charge is 0.254 e. The van der Waals surface area contributed by atoms with Gasteiger partial charge in [0, 0.05) is 44.2 Å². The van der Waals surface area contributed by atoms with Gasteiger partial charge in [0.15, 0.2) is 0 Å². The van der Waals surface area contributed by atoms with E-state index in [1.54, 1.807) is 26.1 Å². The largest absolute Gasteiger partial charge is 0.497 e. The Morgan fingerprint density at radius 2 is 1.87 bits per heavy atom. The summed E-state index contributed by atoms with van der Waals surface area (Å²) in [5.41, 5.74) is 3.32. The topological polar surface area (TPSA) is 62.7 Å². The molecule has 3 aromatic rings. The molecule has 0 N–H and O–H groups in total. The number of hydrogen-bond donors (Lipinski definition) is 0. The van der Waals surface area contributed by atoms with Crippen molar-refractivity contribution < 1.29 is 14.3 Å². The van der Waals surface area contributed by atoms with E-state index in [0.29, 0.717) is 25.1 Å². The van der Waals surface area contributed by atoms with Crippen LogP contribution < -0.4 is 4.74 Å². The fourth-order valence-electron chi connectivity index (χ4n) is 4.08. The van der Waals surface area contributed by atoms with Gasteiger partial charge in [0.2, 0.25) is 5.91 Å². The maximum atomic E-state index is 12.8. The number of pyridine rings is 1. The first-order chi connectivity index (χ1) is 15.0. The summed E-state index contributed by atoms with van der Waals surface area (Å²) in [7, 11) is 5.14. The van der Waals surface area contributed by atoms with Gasteiger partial charge in [-0.2, -0.15) is 0 Å². The standard InChI is InChI=1S/C25H27N3O3/c1-27(2)25(30)21-15-23(26-22-7-5-4-6-20(21)22)18-12-13-28(16-18)24(29)14-17-8-10-19(31-3)11-9-17/h4-11,15,18H,12-14,16H2,1-3H3. The zero-order valence-corrected chi connectivity index (χ0v) is 18.2. The first-order valence-electron chi connectivity index (χ1n) is 10.5. The number of methoxy groups -OCH3 is 1. The summed E-state index contributed by atoms with van der Waals surface area (Å²) in [5, 5.41) is 0.857. The van der Waals surface area contributed by atoms with Gasteiger partial charge in [-0.3, -0.25) is 14.6 Å². The van der Waals surface area contributed by atoms with Gasteiger partial charge in [-0.15, -0.1) is 0 Å². The van der Waals surface area contributed by atoms with Crippen LogP contribution in [0.2, 0.25) is 0 Å². The molecule has 1 aromatic heterocycles. The van der Waals surface area contributed by atoms with Crippen molar-refractivity contribution in [3.05, 3.63) is 71.4 Å². The highest BCUT2D eigenvalue weighted by atomic mass is 16.5. The monoisotopic (exact) mass is 417 g/mol. The Morgan fingerprint density at radius 1 is 1.13 bits per heavy atom. The molecule has 2 heterocycles.